The number of nitrogens with zero attached hydrogens (tertiary/aromatic N) is 3. The van der Waals surface area contributed by atoms with Gasteiger partial charge in [-0.05, 0) is 22.0 Å². The van der Waals surface area contributed by atoms with Gasteiger partial charge in [0.25, 0.3) is 10.0 Å². The van der Waals surface area contributed by atoms with Gasteiger partial charge >= 0.3 is 0 Å². The summed E-state index contributed by atoms with van der Waals surface area (Å²) in [4.78, 5) is 7.61. The van der Waals surface area contributed by atoms with Gasteiger partial charge in [0.05, 0.1) is 22.7 Å². The summed E-state index contributed by atoms with van der Waals surface area (Å²) in [7, 11) is -2.02. The lowest BCUT2D eigenvalue weighted by atomic mass is 10.4. The maximum Gasteiger partial charge on any atom is 0.280 e. The fourth-order valence-corrected chi connectivity index (χ4v) is 2.68. The average molecular weight is 352 g/mol. The van der Waals surface area contributed by atoms with Crippen molar-refractivity contribution in [2.24, 2.45) is 7.05 Å². The molecule has 2 heterocycles. The van der Waals surface area contributed by atoms with Crippen molar-refractivity contribution in [2.45, 2.75) is 5.03 Å². The van der Waals surface area contributed by atoms with Gasteiger partial charge in [0.15, 0.2) is 5.03 Å². The second-order valence-electron chi connectivity index (χ2n) is 3.48. The fraction of sp³-hybridized carbons (Fsp3) is 0.111. The number of aromatic nitrogens is 3. The van der Waals surface area contributed by atoms with Crippen molar-refractivity contribution in [3.05, 3.63) is 34.4 Å². The van der Waals surface area contributed by atoms with Crippen molar-refractivity contribution >= 4 is 43.2 Å². The minimum absolute atomic E-state index is 0.0592. The SMILES string of the molecule is Cn1cnc(S(=O)(=O)Nc2cnc(Cl)c(Br)c2)c1. The number of halogens is 2. The molecule has 0 saturated carbocycles. The topological polar surface area (TPSA) is 76.9 Å². The summed E-state index contributed by atoms with van der Waals surface area (Å²) < 4.78 is 28.3. The summed E-state index contributed by atoms with van der Waals surface area (Å²) in [5.41, 5.74) is 0.303. The summed E-state index contributed by atoms with van der Waals surface area (Å²) >= 11 is 8.89. The summed E-state index contributed by atoms with van der Waals surface area (Å²) in [5, 5.41) is 0.201. The molecular formula is C9H8BrClN4O2S. The number of rotatable bonds is 3. The van der Waals surface area contributed by atoms with Crippen LogP contribution in [-0.4, -0.2) is 23.0 Å². The van der Waals surface area contributed by atoms with E-state index in [0.717, 1.165) is 0 Å². The molecule has 18 heavy (non-hydrogen) atoms. The number of aryl methyl sites for hydroxylation is 1. The van der Waals surface area contributed by atoms with Gasteiger partial charge in [0.2, 0.25) is 0 Å². The predicted molar refractivity (Wildman–Crippen MR) is 71.0 cm³/mol. The van der Waals surface area contributed by atoms with E-state index < -0.39 is 10.0 Å². The smallest absolute Gasteiger partial charge is 0.280 e. The lowest BCUT2D eigenvalue weighted by Gasteiger charge is -2.06. The molecule has 2 aromatic rings. The Morgan fingerprint density at radius 2 is 2.17 bits per heavy atom. The molecule has 2 aromatic heterocycles. The van der Waals surface area contributed by atoms with Crippen LogP contribution >= 0.6 is 27.5 Å². The maximum absolute atomic E-state index is 11.9. The van der Waals surface area contributed by atoms with E-state index in [0.29, 0.717) is 10.2 Å². The van der Waals surface area contributed by atoms with Crippen molar-refractivity contribution in [3.8, 4) is 0 Å². The van der Waals surface area contributed by atoms with Gasteiger partial charge in [-0.2, -0.15) is 8.42 Å². The molecule has 0 bridgehead atoms. The highest BCUT2D eigenvalue weighted by molar-refractivity contribution is 9.10. The Bertz CT molecular complexity index is 686. The number of hydrogen-bond donors (Lipinski definition) is 1. The Kier molecular flexibility index (Phi) is 3.60. The highest BCUT2D eigenvalue weighted by Gasteiger charge is 2.17. The van der Waals surface area contributed by atoms with Gasteiger partial charge in [0.1, 0.15) is 5.15 Å². The zero-order chi connectivity index (χ0) is 13.3. The van der Waals surface area contributed by atoms with Gasteiger partial charge < -0.3 is 4.57 Å². The predicted octanol–water partition coefficient (Wildman–Crippen LogP) is 2.03. The largest absolute Gasteiger partial charge is 0.339 e. The minimum Gasteiger partial charge on any atom is -0.339 e. The molecule has 0 aliphatic rings. The van der Waals surface area contributed by atoms with Crippen molar-refractivity contribution in [3.63, 3.8) is 0 Å². The third-order valence-corrected chi connectivity index (χ3v) is 4.40. The normalized spacial score (nSPS) is 11.5. The molecule has 0 unspecified atom stereocenters. The molecule has 2 rings (SSSR count). The van der Waals surface area contributed by atoms with Crippen molar-refractivity contribution < 1.29 is 8.42 Å². The number of imidazole rings is 1. The van der Waals surface area contributed by atoms with E-state index in [-0.39, 0.29) is 10.2 Å². The summed E-state index contributed by atoms with van der Waals surface area (Å²) in [6.07, 6.45) is 4.14. The monoisotopic (exact) mass is 350 g/mol. The molecule has 9 heteroatoms. The molecule has 0 aliphatic heterocycles. The number of nitrogens with one attached hydrogen (secondary N) is 1. The van der Waals surface area contributed by atoms with Gasteiger partial charge in [-0.3, -0.25) is 4.72 Å². The number of pyridine rings is 1. The van der Waals surface area contributed by atoms with E-state index in [2.05, 4.69) is 30.6 Å². The van der Waals surface area contributed by atoms with E-state index in [1.165, 1.54) is 24.8 Å². The summed E-state index contributed by atoms with van der Waals surface area (Å²) in [6.45, 7) is 0. The standard InChI is InChI=1S/C9H8BrClN4O2S/c1-15-4-8(13-5-15)18(16,17)14-6-2-7(10)9(11)12-3-6/h2-5,14H,1H3. The van der Waals surface area contributed by atoms with E-state index >= 15 is 0 Å². The zero-order valence-corrected chi connectivity index (χ0v) is 12.3. The van der Waals surface area contributed by atoms with Crippen LogP contribution in [-0.2, 0) is 17.1 Å². The fourth-order valence-electron chi connectivity index (χ4n) is 1.21. The lowest BCUT2D eigenvalue weighted by molar-refractivity contribution is 0.598. The van der Waals surface area contributed by atoms with Gasteiger partial charge in [-0.25, -0.2) is 9.97 Å². The highest BCUT2D eigenvalue weighted by Crippen LogP contribution is 2.24. The number of hydrogen-bond acceptors (Lipinski definition) is 4. The molecule has 1 N–H and O–H groups in total. The van der Waals surface area contributed by atoms with Crippen LogP contribution in [0.3, 0.4) is 0 Å². The zero-order valence-electron chi connectivity index (χ0n) is 9.13. The minimum atomic E-state index is -3.71. The van der Waals surface area contributed by atoms with Crippen LogP contribution in [0.25, 0.3) is 0 Å². The molecule has 6 nitrogen and oxygen atoms in total. The second kappa shape index (κ2) is 4.87. The molecule has 96 valence electrons. The quantitative estimate of drug-likeness (QED) is 0.858. The van der Waals surface area contributed by atoms with Crippen LogP contribution in [0.2, 0.25) is 5.15 Å². The van der Waals surface area contributed by atoms with Crippen molar-refractivity contribution in [2.75, 3.05) is 4.72 Å². The molecule has 0 aromatic carbocycles. The van der Waals surface area contributed by atoms with Gasteiger partial charge in [-0.1, -0.05) is 11.6 Å². The average Bonchev–Trinajstić information content (AvgIpc) is 2.71. The molecular weight excluding hydrogens is 344 g/mol. The first-order valence-electron chi connectivity index (χ1n) is 4.70. The first-order chi connectivity index (χ1) is 8.38. The molecule has 0 atom stereocenters. The Labute approximate surface area is 117 Å². The van der Waals surface area contributed by atoms with Crippen molar-refractivity contribution in [1.82, 2.24) is 14.5 Å². The highest BCUT2D eigenvalue weighted by atomic mass is 79.9. The third-order valence-electron chi connectivity index (χ3n) is 2.01. The molecule has 0 amide bonds. The first-order valence-corrected chi connectivity index (χ1v) is 7.36. The van der Waals surface area contributed by atoms with Crippen LogP contribution < -0.4 is 4.72 Å². The first kappa shape index (κ1) is 13.3. The Hall–Kier alpha value is -1.12. The lowest BCUT2D eigenvalue weighted by Crippen LogP contribution is -2.13. The Balaban J connectivity index is 2.30. The second-order valence-corrected chi connectivity index (χ2v) is 6.32. The summed E-state index contributed by atoms with van der Waals surface area (Å²) in [6, 6.07) is 1.52. The third kappa shape index (κ3) is 2.82. The van der Waals surface area contributed by atoms with E-state index in [4.69, 9.17) is 11.6 Å². The number of sulfonamides is 1. The van der Waals surface area contributed by atoms with Crippen molar-refractivity contribution in [1.29, 1.82) is 0 Å². The molecule has 0 aliphatic carbocycles. The maximum atomic E-state index is 11.9. The summed E-state index contributed by atoms with van der Waals surface area (Å²) in [5.74, 6) is 0. The molecule has 0 fully saturated rings. The molecule has 0 spiro atoms. The van der Waals surface area contributed by atoms with Gasteiger partial charge in [-0.15, -0.1) is 0 Å². The molecule has 0 saturated heterocycles. The number of anilines is 1. The van der Waals surface area contributed by atoms with E-state index in [1.807, 2.05) is 0 Å². The Morgan fingerprint density at radius 3 is 2.72 bits per heavy atom. The molecule has 0 radical (unpaired) electrons. The van der Waals surface area contributed by atoms with Crippen LogP contribution in [0.5, 0.6) is 0 Å². The van der Waals surface area contributed by atoms with E-state index in [1.54, 1.807) is 11.6 Å². The van der Waals surface area contributed by atoms with Gasteiger partial charge in [0, 0.05) is 13.2 Å². The Morgan fingerprint density at radius 1 is 1.44 bits per heavy atom. The van der Waals surface area contributed by atoms with Crippen LogP contribution in [0.4, 0.5) is 5.69 Å². The van der Waals surface area contributed by atoms with Crippen LogP contribution in [0, 0.1) is 0 Å². The van der Waals surface area contributed by atoms with E-state index in [9.17, 15) is 8.42 Å². The van der Waals surface area contributed by atoms with Crippen LogP contribution in [0.15, 0.2) is 34.3 Å². The van der Waals surface area contributed by atoms with Crippen LogP contribution in [0.1, 0.15) is 0 Å².